The Balaban J connectivity index is 1.92. The van der Waals surface area contributed by atoms with E-state index in [9.17, 15) is 0 Å². The molecule has 1 aromatic rings. The summed E-state index contributed by atoms with van der Waals surface area (Å²) >= 11 is 0. The van der Waals surface area contributed by atoms with Crippen molar-refractivity contribution >= 4 is 5.69 Å². The number of benzene rings is 1. The number of hydrogen-bond donors (Lipinski definition) is 0. The Hall–Kier alpha value is -1.06. The van der Waals surface area contributed by atoms with Gasteiger partial charge in [0.05, 0.1) is 18.9 Å². The molecule has 0 spiro atoms. The second kappa shape index (κ2) is 4.44. The number of ether oxygens (including phenoxy) is 1. The van der Waals surface area contributed by atoms with Crippen LogP contribution in [0, 0.1) is 0 Å². The normalized spacial score (nSPS) is 18.3. The van der Waals surface area contributed by atoms with Crippen LogP contribution in [0.1, 0.15) is 5.56 Å². The van der Waals surface area contributed by atoms with Gasteiger partial charge in [-0.1, -0.05) is 12.1 Å². The molecule has 0 aromatic heterocycles. The minimum Gasteiger partial charge on any atom is -0.379 e. The summed E-state index contributed by atoms with van der Waals surface area (Å²) in [5.41, 5.74) is 9.24. The van der Waals surface area contributed by atoms with Crippen molar-refractivity contribution in [3.8, 4) is 0 Å². The molecule has 0 amide bonds. The van der Waals surface area contributed by atoms with E-state index in [4.69, 9.17) is 10.5 Å². The Bertz CT molecular complexity index is 278. The minimum atomic E-state index is 0.579. The van der Waals surface area contributed by atoms with E-state index < -0.39 is 0 Å². The lowest BCUT2D eigenvalue weighted by Crippen LogP contribution is -2.35. The van der Waals surface area contributed by atoms with Crippen LogP contribution in [-0.2, 0) is 11.3 Å². The van der Waals surface area contributed by atoms with E-state index in [0.29, 0.717) is 5.69 Å². The van der Waals surface area contributed by atoms with Crippen molar-refractivity contribution in [3.63, 3.8) is 0 Å². The van der Waals surface area contributed by atoms with E-state index in [1.54, 1.807) is 0 Å². The van der Waals surface area contributed by atoms with Crippen LogP contribution in [0.4, 0.5) is 5.69 Å². The molecular formula is C11H15N2O. The Morgan fingerprint density at radius 1 is 1.14 bits per heavy atom. The topological polar surface area (TPSA) is 36.3 Å². The van der Waals surface area contributed by atoms with E-state index in [0.717, 1.165) is 32.8 Å². The second-order valence-electron chi connectivity index (χ2n) is 3.59. The molecule has 75 valence electrons. The number of hydrogen-bond acceptors (Lipinski definition) is 2. The van der Waals surface area contributed by atoms with E-state index in [1.165, 1.54) is 5.56 Å². The van der Waals surface area contributed by atoms with Gasteiger partial charge in [0.2, 0.25) is 0 Å². The number of nitrogens with one attached hydrogen (secondary N) is 1. The van der Waals surface area contributed by atoms with Gasteiger partial charge in [0.1, 0.15) is 0 Å². The first-order valence-electron chi connectivity index (χ1n) is 4.95. The smallest absolute Gasteiger partial charge is 0.0594 e. The summed E-state index contributed by atoms with van der Waals surface area (Å²) in [4.78, 5) is 2.38. The van der Waals surface area contributed by atoms with Crippen LogP contribution >= 0.6 is 0 Å². The lowest BCUT2D eigenvalue weighted by molar-refractivity contribution is 0.0342. The van der Waals surface area contributed by atoms with Crippen molar-refractivity contribution in [2.45, 2.75) is 6.54 Å². The van der Waals surface area contributed by atoms with Crippen LogP contribution in [0.15, 0.2) is 24.3 Å². The number of nitrogens with zero attached hydrogens (tertiary/aromatic N) is 1. The molecule has 1 aromatic carbocycles. The zero-order valence-electron chi connectivity index (χ0n) is 8.20. The van der Waals surface area contributed by atoms with Gasteiger partial charge >= 0.3 is 0 Å². The zero-order valence-corrected chi connectivity index (χ0v) is 8.20. The van der Waals surface area contributed by atoms with Crippen molar-refractivity contribution in [2.24, 2.45) is 0 Å². The molecule has 1 N–H and O–H groups in total. The lowest BCUT2D eigenvalue weighted by atomic mass is 10.2. The first kappa shape index (κ1) is 9.49. The molecule has 14 heavy (non-hydrogen) atoms. The summed E-state index contributed by atoms with van der Waals surface area (Å²) in [6, 6.07) is 7.74. The third kappa shape index (κ3) is 2.47. The fourth-order valence-corrected chi connectivity index (χ4v) is 1.63. The largest absolute Gasteiger partial charge is 0.379 e. The molecule has 3 nitrogen and oxygen atoms in total. The lowest BCUT2D eigenvalue weighted by Gasteiger charge is -2.26. The molecule has 1 saturated heterocycles. The molecule has 0 atom stereocenters. The third-order valence-electron chi connectivity index (χ3n) is 2.46. The van der Waals surface area contributed by atoms with Crippen molar-refractivity contribution in [1.29, 1.82) is 0 Å². The SMILES string of the molecule is [NH]c1ccc(CN2CCOCC2)cc1. The maximum Gasteiger partial charge on any atom is 0.0594 e. The Morgan fingerprint density at radius 3 is 2.43 bits per heavy atom. The molecule has 2 rings (SSSR count). The molecule has 1 radical (unpaired) electrons. The highest BCUT2D eigenvalue weighted by molar-refractivity contribution is 5.35. The van der Waals surface area contributed by atoms with Gasteiger partial charge in [-0.2, -0.15) is 0 Å². The highest BCUT2D eigenvalue weighted by Gasteiger charge is 2.09. The zero-order chi connectivity index (χ0) is 9.80. The maximum atomic E-state index is 7.38. The van der Waals surface area contributed by atoms with E-state index >= 15 is 0 Å². The summed E-state index contributed by atoms with van der Waals surface area (Å²) in [6.07, 6.45) is 0. The van der Waals surface area contributed by atoms with Gasteiger partial charge in [0, 0.05) is 19.6 Å². The van der Waals surface area contributed by atoms with E-state index in [1.807, 2.05) is 24.3 Å². The third-order valence-corrected chi connectivity index (χ3v) is 2.46. The summed E-state index contributed by atoms with van der Waals surface area (Å²) in [5.74, 6) is 0. The Labute approximate surface area is 84.5 Å². The average molecular weight is 191 g/mol. The molecule has 0 aliphatic carbocycles. The summed E-state index contributed by atoms with van der Waals surface area (Å²) in [5, 5.41) is 0. The van der Waals surface area contributed by atoms with Gasteiger partial charge in [0.25, 0.3) is 0 Å². The molecule has 1 aliphatic rings. The predicted octanol–water partition coefficient (Wildman–Crippen LogP) is 1.43. The summed E-state index contributed by atoms with van der Waals surface area (Å²) in [6.45, 7) is 4.70. The van der Waals surface area contributed by atoms with Crippen LogP contribution in [-0.4, -0.2) is 31.2 Å². The summed E-state index contributed by atoms with van der Waals surface area (Å²) < 4.78 is 5.28. The molecule has 0 saturated carbocycles. The maximum absolute atomic E-state index is 7.38. The number of rotatable bonds is 2. The monoisotopic (exact) mass is 191 g/mol. The fourth-order valence-electron chi connectivity index (χ4n) is 1.63. The van der Waals surface area contributed by atoms with Crippen LogP contribution in [0.3, 0.4) is 0 Å². The minimum absolute atomic E-state index is 0.579. The quantitative estimate of drug-likeness (QED) is 0.709. The van der Waals surface area contributed by atoms with Gasteiger partial charge in [-0.15, -0.1) is 0 Å². The van der Waals surface area contributed by atoms with Gasteiger partial charge < -0.3 is 10.5 Å². The van der Waals surface area contributed by atoms with Gasteiger partial charge in [-0.3, -0.25) is 4.90 Å². The first-order valence-corrected chi connectivity index (χ1v) is 4.95. The van der Waals surface area contributed by atoms with Crippen molar-refractivity contribution in [2.75, 3.05) is 26.3 Å². The standard InChI is InChI=1S/C11H15N2O/c12-11-3-1-10(2-4-11)9-13-5-7-14-8-6-13/h1-4,12H,5-9H2. The summed E-state index contributed by atoms with van der Waals surface area (Å²) in [7, 11) is 0. The molecule has 1 fully saturated rings. The molecule has 1 heterocycles. The predicted molar refractivity (Wildman–Crippen MR) is 55.3 cm³/mol. The molecule has 3 heteroatoms. The second-order valence-corrected chi connectivity index (χ2v) is 3.59. The first-order chi connectivity index (χ1) is 6.84. The van der Waals surface area contributed by atoms with E-state index in [2.05, 4.69) is 4.90 Å². The number of morpholine rings is 1. The average Bonchev–Trinajstić information content (AvgIpc) is 2.23. The van der Waals surface area contributed by atoms with Gasteiger partial charge in [-0.25, -0.2) is 0 Å². The van der Waals surface area contributed by atoms with E-state index in [-0.39, 0.29) is 0 Å². The molecule has 1 aliphatic heterocycles. The van der Waals surface area contributed by atoms with Gasteiger partial charge in [-0.05, 0) is 17.7 Å². The van der Waals surface area contributed by atoms with Crippen LogP contribution in [0.2, 0.25) is 0 Å². The Morgan fingerprint density at radius 2 is 1.79 bits per heavy atom. The molecule has 0 bridgehead atoms. The van der Waals surface area contributed by atoms with Crippen LogP contribution < -0.4 is 5.73 Å². The fraction of sp³-hybridized carbons (Fsp3) is 0.455. The Kier molecular flexibility index (Phi) is 3.01. The molecular weight excluding hydrogens is 176 g/mol. The highest BCUT2D eigenvalue weighted by atomic mass is 16.5. The van der Waals surface area contributed by atoms with Crippen LogP contribution in [0.5, 0.6) is 0 Å². The molecule has 0 unspecified atom stereocenters. The highest BCUT2D eigenvalue weighted by Crippen LogP contribution is 2.10. The van der Waals surface area contributed by atoms with Crippen LogP contribution in [0.25, 0.3) is 0 Å². The van der Waals surface area contributed by atoms with Gasteiger partial charge in [0.15, 0.2) is 0 Å². The van der Waals surface area contributed by atoms with Crippen molar-refractivity contribution in [3.05, 3.63) is 29.8 Å². The van der Waals surface area contributed by atoms with Crippen molar-refractivity contribution < 1.29 is 4.74 Å². The van der Waals surface area contributed by atoms with Crippen molar-refractivity contribution in [1.82, 2.24) is 10.6 Å².